The maximum Gasteiger partial charge on any atom is 0.261 e. The van der Waals surface area contributed by atoms with Crippen LogP contribution < -0.4 is 9.47 Å². The summed E-state index contributed by atoms with van der Waals surface area (Å²) in [7, 11) is 3.01. The van der Waals surface area contributed by atoms with E-state index in [1.807, 2.05) is 0 Å². The lowest BCUT2D eigenvalue weighted by atomic mass is 10.1. The smallest absolute Gasteiger partial charge is 0.261 e. The molecule has 1 fully saturated rings. The molecule has 2 aromatic carbocycles. The molecule has 148 valence electrons. The van der Waals surface area contributed by atoms with Gasteiger partial charge in [0.2, 0.25) is 0 Å². The lowest BCUT2D eigenvalue weighted by Gasteiger charge is -2.35. The van der Waals surface area contributed by atoms with Gasteiger partial charge in [0.05, 0.1) is 14.2 Å². The van der Waals surface area contributed by atoms with Crippen LogP contribution in [0.5, 0.6) is 11.5 Å². The number of methoxy groups -OCH3 is 2. The van der Waals surface area contributed by atoms with Gasteiger partial charge in [-0.1, -0.05) is 12.1 Å². The van der Waals surface area contributed by atoms with Crippen molar-refractivity contribution >= 4 is 11.8 Å². The second kappa shape index (κ2) is 8.29. The Kier molecular flexibility index (Phi) is 5.82. The molecule has 0 radical (unpaired) electrons. The van der Waals surface area contributed by atoms with Crippen LogP contribution in [0.2, 0.25) is 0 Å². The number of benzene rings is 2. The lowest BCUT2D eigenvalue weighted by molar-refractivity contribution is 0.0531. The van der Waals surface area contributed by atoms with Gasteiger partial charge in [0.1, 0.15) is 22.9 Å². The van der Waals surface area contributed by atoms with E-state index in [9.17, 15) is 14.0 Å². The molecule has 2 aromatic rings. The third-order valence-corrected chi connectivity index (χ3v) is 4.91. The number of piperazine rings is 1. The summed E-state index contributed by atoms with van der Waals surface area (Å²) < 4.78 is 24.4. The van der Waals surface area contributed by atoms with Crippen LogP contribution in [0, 0.1) is 12.7 Å². The fourth-order valence-corrected chi connectivity index (χ4v) is 3.24. The number of halogens is 1. The first-order valence-corrected chi connectivity index (χ1v) is 9.02. The van der Waals surface area contributed by atoms with Crippen molar-refractivity contribution in [3.8, 4) is 11.5 Å². The number of amides is 2. The van der Waals surface area contributed by atoms with E-state index in [1.165, 1.54) is 20.3 Å². The Morgan fingerprint density at radius 3 is 1.93 bits per heavy atom. The molecule has 0 aromatic heterocycles. The van der Waals surface area contributed by atoms with Crippen molar-refractivity contribution in [1.82, 2.24) is 9.80 Å². The van der Waals surface area contributed by atoms with Gasteiger partial charge in [0, 0.05) is 31.7 Å². The SMILES string of the molecule is COc1cccc(OC)c1C(=O)N1CCN(C(=O)c2ccc(C)c(F)c2)CC1. The van der Waals surface area contributed by atoms with Gasteiger partial charge in [0.25, 0.3) is 11.8 Å². The highest BCUT2D eigenvalue weighted by Gasteiger charge is 2.29. The predicted molar refractivity (Wildman–Crippen MR) is 102 cm³/mol. The van der Waals surface area contributed by atoms with Gasteiger partial charge in [-0.2, -0.15) is 0 Å². The summed E-state index contributed by atoms with van der Waals surface area (Å²) >= 11 is 0. The van der Waals surface area contributed by atoms with Gasteiger partial charge in [-0.25, -0.2) is 4.39 Å². The second-order valence-electron chi connectivity index (χ2n) is 6.59. The Balaban J connectivity index is 1.71. The van der Waals surface area contributed by atoms with E-state index in [0.29, 0.717) is 54.4 Å². The number of nitrogens with zero attached hydrogens (tertiary/aromatic N) is 2. The summed E-state index contributed by atoms with van der Waals surface area (Å²) in [5.41, 5.74) is 1.18. The number of carbonyl (C=O) groups is 2. The van der Waals surface area contributed by atoms with Crippen LogP contribution in [0.15, 0.2) is 36.4 Å². The molecule has 7 heteroatoms. The van der Waals surface area contributed by atoms with E-state index in [2.05, 4.69) is 0 Å². The summed E-state index contributed by atoms with van der Waals surface area (Å²) in [5, 5.41) is 0. The molecular formula is C21H23FN2O4. The monoisotopic (exact) mass is 386 g/mol. The van der Waals surface area contributed by atoms with Crippen molar-refractivity contribution in [2.24, 2.45) is 0 Å². The lowest BCUT2D eigenvalue weighted by Crippen LogP contribution is -2.50. The van der Waals surface area contributed by atoms with Crippen LogP contribution in [0.25, 0.3) is 0 Å². The van der Waals surface area contributed by atoms with Crippen LogP contribution in [-0.4, -0.2) is 62.0 Å². The number of carbonyl (C=O) groups excluding carboxylic acids is 2. The number of aryl methyl sites for hydroxylation is 1. The maximum atomic E-state index is 13.8. The normalized spacial score (nSPS) is 14.0. The highest BCUT2D eigenvalue weighted by molar-refractivity contribution is 6.00. The molecular weight excluding hydrogens is 363 g/mol. The van der Waals surface area contributed by atoms with Crippen molar-refractivity contribution in [1.29, 1.82) is 0 Å². The van der Waals surface area contributed by atoms with Crippen LogP contribution >= 0.6 is 0 Å². The first-order valence-electron chi connectivity index (χ1n) is 9.02. The van der Waals surface area contributed by atoms with E-state index >= 15 is 0 Å². The quantitative estimate of drug-likeness (QED) is 0.811. The molecule has 0 unspecified atom stereocenters. The molecule has 1 aliphatic rings. The predicted octanol–water partition coefficient (Wildman–Crippen LogP) is 2.75. The van der Waals surface area contributed by atoms with Gasteiger partial charge >= 0.3 is 0 Å². The molecule has 0 aliphatic carbocycles. The molecule has 0 saturated carbocycles. The molecule has 0 atom stereocenters. The average molecular weight is 386 g/mol. The van der Waals surface area contributed by atoms with Crippen LogP contribution in [0.3, 0.4) is 0 Å². The van der Waals surface area contributed by atoms with E-state index < -0.39 is 5.82 Å². The third kappa shape index (κ3) is 3.78. The number of rotatable bonds is 4. The number of hydrogen-bond acceptors (Lipinski definition) is 4. The summed E-state index contributed by atoms with van der Waals surface area (Å²) in [6, 6.07) is 9.65. The highest BCUT2D eigenvalue weighted by atomic mass is 19.1. The Morgan fingerprint density at radius 1 is 0.893 bits per heavy atom. The van der Waals surface area contributed by atoms with Crippen LogP contribution in [0.4, 0.5) is 4.39 Å². The minimum Gasteiger partial charge on any atom is -0.496 e. The molecule has 0 bridgehead atoms. The van der Waals surface area contributed by atoms with Crippen molar-refractivity contribution in [3.05, 3.63) is 58.9 Å². The van der Waals surface area contributed by atoms with E-state index in [4.69, 9.17) is 9.47 Å². The Bertz CT molecular complexity index is 870. The Hall–Kier alpha value is -3.09. The molecule has 1 aliphatic heterocycles. The fourth-order valence-electron chi connectivity index (χ4n) is 3.24. The van der Waals surface area contributed by atoms with Gasteiger partial charge < -0.3 is 19.3 Å². The van der Waals surface area contributed by atoms with Crippen LogP contribution in [0.1, 0.15) is 26.3 Å². The minimum atomic E-state index is -0.400. The van der Waals surface area contributed by atoms with Crippen molar-refractivity contribution in [3.63, 3.8) is 0 Å². The van der Waals surface area contributed by atoms with Gasteiger partial charge in [-0.05, 0) is 36.8 Å². The van der Waals surface area contributed by atoms with E-state index in [0.717, 1.165) is 0 Å². The number of hydrogen-bond donors (Lipinski definition) is 0. The summed E-state index contributed by atoms with van der Waals surface area (Å²) in [6.45, 7) is 3.15. The number of ether oxygens (including phenoxy) is 2. The van der Waals surface area contributed by atoms with Crippen molar-refractivity contribution < 1.29 is 23.5 Å². The zero-order valence-electron chi connectivity index (χ0n) is 16.2. The molecule has 1 saturated heterocycles. The summed E-state index contributed by atoms with van der Waals surface area (Å²) in [5.74, 6) is 0.0440. The Labute approximate surface area is 163 Å². The van der Waals surface area contributed by atoms with E-state index in [-0.39, 0.29) is 11.8 Å². The largest absolute Gasteiger partial charge is 0.496 e. The summed E-state index contributed by atoms with van der Waals surface area (Å²) in [6.07, 6.45) is 0. The van der Waals surface area contributed by atoms with Crippen molar-refractivity contribution in [2.45, 2.75) is 6.92 Å². The van der Waals surface area contributed by atoms with Gasteiger partial charge in [-0.3, -0.25) is 9.59 Å². The fraction of sp³-hybridized carbons (Fsp3) is 0.333. The van der Waals surface area contributed by atoms with Crippen LogP contribution in [-0.2, 0) is 0 Å². The zero-order chi connectivity index (χ0) is 20.3. The topological polar surface area (TPSA) is 59.1 Å². The molecule has 3 rings (SSSR count). The second-order valence-corrected chi connectivity index (χ2v) is 6.59. The van der Waals surface area contributed by atoms with E-state index in [1.54, 1.807) is 47.1 Å². The molecule has 2 amide bonds. The zero-order valence-corrected chi connectivity index (χ0v) is 16.2. The molecule has 6 nitrogen and oxygen atoms in total. The Morgan fingerprint density at radius 2 is 1.43 bits per heavy atom. The molecule has 1 heterocycles. The van der Waals surface area contributed by atoms with Crippen molar-refractivity contribution in [2.75, 3.05) is 40.4 Å². The summed E-state index contributed by atoms with van der Waals surface area (Å²) in [4.78, 5) is 28.9. The van der Waals surface area contributed by atoms with Gasteiger partial charge in [0.15, 0.2) is 0 Å². The molecule has 0 spiro atoms. The highest BCUT2D eigenvalue weighted by Crippen LogP contribution is 2.30. The average Bonchev–Trinajstić information content (AvgIpc) is 2.74. The molecule has 0 N–H and O–H groups in total. The molecule has 28 heavy (non-hydrogen) atoms. The first-order chi connectivity index (χ1) is 13.5. The minimum absolute atomic E-state index is 0.206. The third-order valence-electron chi connectivity index (χ3n) is 4.91. The standard InChI is InChI=1S/C21H23FN2O4/c1-14-7-8-15(13-16(14)22)20(25)23-9-11-24(12-10-23)21(26)19-17(27-2)5-4-6-18(19)28-3/h4-8,13H,9-12H2,1-3H3. The first kappa shape index (κ1) is 19.7. The maximum absolute atomic E-state index is 13.8. The van der Waals surface area contributed by atoms with Gasteiger partial charge in [-0.15, -0.1) is 0 Å².